The van der Waals surface area contributed by atoms with Crippen LogP contribution < -0.4 is 0 Å². The summed E-state index contributed by atoms with van der Waals surface area (Å²) in [5.74, 6) is -0.394. The fraction of sp³-hybridized carbons (Fsp3) is 0.929. The molecular formula is C42H68O14. The van der Waals surface area contributed by atoms with Crippen LogP contribution in [0.2, 0.25) is 0 Å². The molecule has 4 saturated carbocycles. The van der Waals surface area contributed by atoms with Crippen LogP contribution in [-0.4, -0.2) is 139 Å². The first kappa shape index (κ1) is 42.8. The van der Waals surface area contributed by atoms with Gasteiger partial charge in [-0.15, -0.1) is 0 Å². The van der Waals surface area contributed by atoms with Gasteiger partial charge in [0, 0.05) is 5.41 Å². The molecule has 0 amide bonds. The van der Waals surface area contributed by atoms with Gasteiger partial charge in [-0.2, -0.15) is 0 Å². The van der Waals surface area contributed by atoms with Crippen molar-refractivity contribution in [1.29, 1.82) is 0 Å². The van der Waals surface area contributed by atoms with Crippen LogP contribution in [0.1, 0.15) is 106 Å². The van der Waals surface area contributed by atoms with Gasteiger partial charge >= 0.3 is 5.97 Å². The number of aliphatic carboxylic acids is 1. The lowest BCUT2D eigenvalue weighted by Gasteiger charge is -2.71. The van der Waals surface area contributed by atoms with Gasteiger partial charge in [0.15, 0.2) is 12.6 Å². The minimum Gasteiger partial charge on any atom is -0.481 e. The van der Waals surface area contributed by atoms with E-state index in [0.717, 1.165) is 44.9 Å². The van der Waals surface area contributed by atoms with Crippen LogP contribution in [0.25, 0.3) is 0 Å². The lowest BCUT2D eigenvalue weighted by molar-refractivity contribution is -0.379. The van der Waals surface area contributed by atoms with E-state index < -0.39 is 97.5 Å². The largest absolute Gasteiger partial charge is 0.481 e. The molecule has 6 fully saturated rings. The predicted octanol–water partition coefficient (Wildman–Crippen LogP) is 1.85. The Morgan fingerprint density at radius 2 is 1.36 bits per heavy atom. The van der Waals surface area contributed by atoms with Gasteiger partial charge in [0.25, 0.3) is 0 Å². The lowest BCUT2D eigenvalue weighted by atomic mass is 9.33. The number of allylic oxidation sites excluding steroid dienone is 2. The molecule has 19 atom stereocenters. The fourth-order valence-corrected chi connectivity index (χ4v) is 13.7. The minimum absolute atomic E-state index is 0.00269. The molecule has 0 radical (unpaired) electrons. The Kier molecular flexibility index (Phi) is 11.3. The first-order valence-electron chi connectivity index (χ1n) is 21.0. The second kappa shape index (κ2) is 14.7. The van der Waals surface area contributed by atoms with Gasteiger partial charge in [0.1, 0.15) is 48.8 Å². The zero-order valence-corrected chi connectivity index (χ0v) is 33.9. The predicted molar refractivity (Wildman–Crippen MR) is 199 cm³/mol. The average molecular weight is 797 g/mol. The smallest absolute Gasteiger partial charge is 0.310 e. The van der Waals surface area contributed by atoms with Crippen molar-refractivity contribution in [3.63, 3.8) is 0 Å². The minimum atomic E-state index is -1.79. The molecule has 7 rings (SSSR count). The molecule has 5 aliphatic carbocycles. The third-order valence-electron chi connectivity index (χ3n) is 17.4. The molecule has 14 nitrogen and oxygen atoms in total. The van der Waals surface area contributed by atoms with Gasteiger partial charge in [-0.05, 0) is 104 Å². The maximum Gasteiger partial charge on any atom is 0.310 e. The number of carboxylic acid groups (broad SMARTS) is 1. The van der Waals surface area contributed by atoms with Crippen molar-refractivity contribution >= 4 is 5.97 Å². The van der Waals surface area contributed by atoms with E-state index in [1.54, 1.807) is 0 Å². The van der Waals surface area contributed by atoms with Gasteiger partial charge in [-0.1, -0.05) is 53.2 Å². The molecule has 0 spiro atoms. The van der Waals surface area contributed by atoms with Crippen molar-refractivity contribution < 1.29 is 69.7 Å². The van der Waals surface area contributed by atoms with Gasteiger partial charge in [-0.25, -0.2) is 0 Å². The molecule has 56 heavy (non-hydrogen) atoms. The van der Waals surface area contributed by atoms with Gasteiger partial charge in [0.05, 0.1) is 31.3 Å². The van der Waals surface area contributed by atoms with Crippen LogP contribution in [0.3, 0.4) is 0 Å². The zero-order valence-electron chi connectivity index (χ0n) is 33.9. The third kappa shape index (κ3) is 6.21. The molecule has 2 aliphatic heterocycles. The Morgan fingerprint density at radius 1 is 0.732 bits per heavy atom. The van der Waals surface area contributed by atoms with E-state index in [1.807, 2.05) is 6.92 Å². The summed E-state index contributed by atoms with van der Waals surface area (Å²) in [6.07, 6.45) is -6.00. The number of hydrogen-bond donors (Lipinski definition) is 9. The number of hydrogen-bond acceptors (Lipinski definition) is 13. The zero-order chi connectivity index (χ0) is 41.0. The normalized spacial score (nSPS) is 54.1. The summed E-state index contributed by atoms with van der Waals surface area (Å²) in [5.41, 5.74) is -0.607. The van der Waals surface area contributed by atoms with Crippen molar-refractivity contribution in [2.45, 2.75) is 173 Å². The molecule has 2 heterocycles. The number of aliphatic hydroxyl groups excluding tert-OH is 8. The lowest BCUT2D eigenvalue weighted by Crippen LogP contribution is -2.67. The molecule has 7 aliphatic rings. The van der Waals surface area contributed by atoms with E-state index in [9.17, 15) is 50.8 Å². The fourth-order valence-electron chi connectivity index (χ4n) is 13.7. The summed E-state index contributed by atoms with van der Waals surface area (Å²) in [5, 5.41) is 95.5. The molecule has 9 N–H and O–H groups in total. The standard InChI is InChI=1S/C42H68O14/c1-37(2)13-15-42(36(51)52)16-14-40(5)21(22(42)17-37)7-8-26-38(3)11-10-27(39(4,20-45)25(38)9-12-41(26,40)6)55-35-33(31(49)29(47)24(19-44)54-35)56-34-32(50)30(48)28(46)23(18-43)53-34/h7,22-35,43-50H,8-20H2,1-6H3,(H,51,52)/t22-,23+,24+,25+,26+,27-,28+,29+,30-,31-,32+,33+,34-,35-,38-,39-,40+,41+,42-/m0/s1. The highest BCUT2D eigenvalue weighted by Gasteiger charge is 2.70. The van der Waals surface area contributed by atoms with Gasteiger partial charge in [0.2, 0.25) is 0 Å². The van der Waals surface area contributed by atoms with Gasteiger partial charge in [-0.3, -0.25) is 4.79 Å². The van der Waals surface area contributed by atoms with E-state index in [-0.39, 0.29) is 46.0 Å². The Labute approximate surface area is 330 Å². The molecule has 0 aromatic heterocycles. The number of fused-ring (bicyclic) bond motifs is 7. The van der Waals surface area contributed by atoms with Crippen molar-refractivity contribution in [3.05, 3.63) is 11.6 Å². The second-order valence-electron chi connectivity index (χ2n) is 20.5. The van der Waals surface area contributed by atoms with E-state index >= 15 is 0 Å². The molecule has 0 unspecified atom stereocenters. The maximum absolute atomic E-state index is 13.1. The molecule has 320 valence electrons. The van der Waals surface area contributed by atoms with Crippen LogP contribution in [0.5, 0.6) is 0 Å². The van der Waals surface area contributed by atoms with Gasteiger partial charge < -0.3 is 64.9 Å². The summed E-state index contributed by atoms with van der Waals surface area (Å²) < 4.78 is 24.3. The number of aliphatic hydroxyl groups is 8. The molecule has 2 saturated heterocycles. The van der Waals surface area contributed by atoms with E-state index in [4.69, 9.17) is 18.9 Å². The van der Waals surface area contributed by atoms with Crippen LogP contribution in [0.15, 0.2) is 11.6 Å². The van der Waals surface area contributed by atoms with Crippen molar-refractivity contribution in [3.8, 4) is 0 Å². The van der Waals surface area contributed by atoms with Crippen LogP contribution in [-0.2, 0) is 23.7 Å². The number of ether oxygens (including phenoxy) is 4. The third-order valence-corrected chi connectivity index (χ3v) is 17.4. The summed E-state index contributed by atoms with van der Waals surface area (Å²) in [4.78, 5) is 13.1. The highest BCUT2D eigenvalue weighted by Crippen LogP contribution is 2.76. The quantitative estimate of drug-likeness (QED) is 0.126. The monoisotopic (exact) mass is 796 g/mol. The first-order chi connectivity index (χ1) is 26.2. The summed E-state index contributed by atoms with van der Waals surface area (Å²) >= 11 is 0. The molecule has 0 aromatic rings. The molecule has 0 aromatic carbocycles. The summed E-state index contributed by atoms with van der Waals surface area (Å²) in [6, 6.07) is 0. The Balaban J connectivity index is 1.17. The van der Waals surface area contributed by atoms with E-state index in [2.05, 4.69) is 40.7 Å². The van der Waals surface area contributed by atoms with Crippen molar-refractivity contribution in [2.75, 3.05) is 19.8 Å². The molecule has 14 heteroatoms. The summed E-state index contributed by atoms with van der Waals surface area (Å²) in [6.45, 7) is 12.2. The maximum atomic E-state index is 13.1. The second-order valence-corrected chi connectivity index (χ2v) is 20.5. The van der Waals surface area contributed by atoms with Crippen LogP contribution >= 0.6 is 0 Å². The number of carbonyl (C=O) groups is 1. The highest BCUT2D eigenvalue weighted by molar-refractivity contribution is 5.76. The molecule has 0 bridgehead atoms. The first-order valence-corrected chi connectivity index (χ1v) is 21.0. The van der Waals surface area contributed by atoms with Crippen molar-refractivity contribution in [2.24, 2.45) is 50.2 Å². The molecular weight excluding hydrogens is 728 g/mol. The Bertz CT molecular complexity index is 1500. The Morgan fingerprint density at radius 3 is 1.98 bits per heavy atom. The van der Waals surface area contributed by atoms with E-state index in [0.29, 0.717) is 19.3 Å². The topological polar surface area (TPSA) is 236 Å². The van der Waals surface area contributed by atoms with Crippen molar-refractivity contribution in [1.82, 2.24) is 0 Å². The number of rotatable bonds is 8. The van der Waals surface area contributed by atoms with E-state index in [1.165, 1.54) is 5.57 Å². The van der Waals surface area contributed by atoms with Crippen LogP contribution in [0, 0.1) is 50.2 Å². The average Bonchev–Trinajstić information content (AvgIpc) is 3.15. The Hall–Kier alpha value is -1.27. The highest BCUT2D eigenvalue weighted by atomic mass is 16.8. The SMILES string of the molecule is CC1(C)CC[C@]2(C(=O)O)CC[C@]3(C)C(=CC[C@@H]4[C@@]5(C)CC[C@H](O[C@@H]6O[C@H](CO)[C@@H](O)[C@H](O)[C@H]6O[C@@H]6O[C@H](CO)[C@@H](O)[C@H](O)[C@H]6O)[C@@](C)(CO)[C@@H]5CC[C@]43C)[C@@H]2C1. The summed E-state index contributed by atoms with van der Waals surface area (Å²) in [7, 11) is 0. The van der Waals surface area contributed by atoms with Crippen LogP contribution in [0.4, 0.5) is 0 Å². The number of carboxylic acids is 1.